The Bertz CT molecular complexity index is 573. The largest absolute Gasteiger partial charge is 0.481 e. The van der Waals surface area contributed by atoms with Gasteiger partial charge in [-0.15, -0.1) is 0 Å². The normalized spacial score (nSPS) is 24.9. The number of hydrogen-bond acceptors (Lipinski definition) is 4. The van der Waals surface area contributed by atoms with Crippen LogP contribution in [0.1, 0.15) is 51.9 Å². The summed E-state index contributed by atoms with van der Waals surface area (Å²) in [6.45, 7) is 1.94. The Morgan fingerprint density at radius 2 is 1.78 bits per heavy atom. The van der Waals surface area contributed by atoms with Crippen molar-refractivity contribution in [2.45, 2.75) is 64.1 Å². The van der Waals surface area contributed by atoms with Crippen LogP contribution in [0.25, 0.3) is 0 Å². The molecular formula is C22H32O5. The van der Waals surface area contributed by atoms with Crippen molar-refractivity contribution in [3.63, 3.8) is 0 Å². The lowest BCUT2D eigenvalue weighted by atomic mass is 9.91. The van der Waals surface area contributed by atoms with Gasteiger partial charge in [0.1, 0.15) is 5.78 Å². The van der Waals surface area contributed by atoms with E-state index in [-0.39, 0.29) is 30.5 Å². The highest BCUT2D eigenvalue weighted by atomic mass is 16.4. The fourth-order valence-electron chi connectivity index (χ4n) is 3.18. The minimum Gasteiger partial charge on any atom is -0.481 e. The third-order valence-corrected chi connectivity index (χ3v) is 4.67. The van der Waals surface area contributed by atoms with Crippen LogP contribution in [0.3, 0.4) is 0 Å². The average molecular weight is 376 g/mol. The number of rotatable bonds is 12. The number of allylic oxidation sites excluding steroid dienone is 5. The molecule has 27 heavy (non-hydrogen) atoms. The van der Waals surface area contributed by atoms with Crippen molar-refractivity contribution in [1.29, 1.82) is 0 Å². The third-order valence-electron chi connectivity index (χ3n) is 4.67. The summed E-state index contributed by atoms with van der Waals surface area (Å²) in [6, 6.07) is 0. The lowest BCUT2D eigenvalue weighted by molar-refractivity contribution is -0.136. The first-order valence-corrected chi connectivity index (χ1v) is 9.69. The molecule has 1 rings (SSSR count). The van der Waals surface area contributed by atoms with Gasteiger partial charge in [0.25, 0.3) is 0 Å². The number of carbonyl (C=O) groups is 2. The molecule has 0 unspecified atom stereocenters. The summed E-state index contributed by atoms with van der Waals surface area (Å²) in [7, 11) is 0. The van der Waals surface area contributed by atoms with Crippen molar-refractivity contribution in [1.82, 2.24) is 0 Å². The van der Waals surface area contributed by atoms with Gasteiger partial charge in [0.15, 0.2) is 0 Å². The maximum atomic E-state index is 11.8. The van der Waals surface area contributed by atoms with Gasteiger partial charge in [-0.25, -0.2) is 0 Å². The summed E-state index contributed by atoms with van der Waals surface area (Å²) in [6.07, 6.45) is 17.6. The number of hydrogen-bond donors (Lipinski definition) is 3. The van der Waals surface area contributed by atoms with Crippen LogP contribution < -0.4 is 0 Å². The Kier molecular flexibility index (Phi) is 11.3. The van der Waals surface area contributed by atoms with E-state index in [1.54, 1.807) is 12.2 Å². The molecule has 1 aliphatic rings. The highest BCUT2D eigenvalue weighted by molar-refractivity contribution is 5.84. The zero-order valence-corrected chi connectivity index (χ0v) is 16.0. The Morgan fingerprint density at radius 1 is 1.15 bits per heavy atom. The van der Waals surface area contributed by atoms with Gasteiger partial charge >= 0.3 is 5.97 Å². The molecule has 3 N–H and O–H groups in total. The third kappa shape index (κ3) is 9.50. The number of carboxylic acid groups (broad SMARTS) is 1. The molecule has 0 aromatic heterocycles. The summed E-state index contributed by atoms with van der Waals surface area (Å²) >= 11 is 0. The summed E-state index contributed by atoms with van der Waals surface area (Å²) in [5, 5.41) is 28.5. The Morgan fingerprint density at radius 3 is 2.41 bits per heavy atom. The molecule has 4 atom stereocenters. The number of carbonyl (C=O) groups excluding carboxylic acids is 1. The van der Waals surface area contributed by atoms with E-state index in [0.717, 1.165) is 12.8 Å². The molecule has 0 radical (unpaired) electrons. The molecule has 1 fully saturated rings. The van der Waals surface area contributed by atoms with Gasteiger partial charge in [-0.2, -0.15) is 0 Å². The fourth-order valence-corrected chi connectivity index (χ4v) is 3.18. The lowest BCUT2D eigenvalue weighted by Gasteiger charge is -2.16. The van der Waals surface area contributed by atoms with E-state index in [2.05, 4.69) is 0 Å². The van der Waals surface area contributed by atoms with Crippen LogP contribution in [0, 0.1) is 11.8 Å². The van der Waals surface area contributed by atoms with Gasteiger partial charge in [-0.1, -0.05) is 55.5 Å². The zero-order chi connectivity index (χ0) is 20.1. The number of ketones is 1. The van der Waals surface area contributed by atoms with E-state index >= 15 is 0 Å². The van der Waals surface area contributed by atoms with Gasteiger partial charge in [0.05, 0.1) is 12.2 Å². The standard InChI is InChI=1S/C22H32O5/c1-2-18-19(21(25)16-20(18)24)15-14-17(23)12-10-8-6-4-3-5-7-9-11-13-22(26)27/h3-4,7-10,14-15,17-19,21,23,25H,2,5-6,11-13,16H2,1H3,(H,26,27)/b4-3-,9-7-,10-8-,15-14+/t17-,18-,19-,21-/m0/s1. The van der Waals surface area contributed by atoms with Crippen molar-refractivity contribution in [3.8, 4) is 0 Å². The molecule has 1 saturated carbocycles. The first kappa shape index (κ1) is 23.1. The average Bonchev–Trinajstić information content (AvgIpc) is 2.90. The molecule has 150 valence electrons. The maximum absolute atomic E-state index is 11.8. The molecule has 5 nitrogen and oxygen atoms in total. The van der Waals surface area contributed by atoms with Crippen LogP contribution in [0.5, 0.6) is 0 Å². The Labute approximate surface area is 161 Å². The molecule has 0 amide bonds. The van der Waals surface area contributed by atoms with E-state index in [1.165, 1.54) is 0 Å². The van der Waals surface area contributed by atoms with Crippen LogP contribution in [-0.4, -0.2) is 39.3 Å². The fraction of sp³-hybridized carbons (Fsp3) is 0.545. The zero-order valence-electron chi connectivity index (χ0n) is 16.0. The number of aliphatic hydroxyl groups excluding tert-OH is 2. The number of aliphatic carboxylic acids is 1. The van der Waals surface area contributed by atoms with Gasteiger partial charge in [-0.05, 0) is 32.1 Å². The van der Waals surface area contributed by atoms with Gasteiger partial charge in [-0.3, -0.25) is 9.59 Å². The molecule has 0 aromatic rings. The minimum atomic E-state index is -0.782. The maximum Gasteiger partial charge on any atom is 0.303 e. The van der Waals surface area contributed by atoms with E-state index in [1.807, 2.05) is 43.4 Å². The summed E-state index contributed by atoms with van der Waals surface area (Å²) in [5.41, 5.74) is 0. The van der Waals surface area contributed by atoms with Gasteiger partial charge < -0.3 is 15.3 Å². The van der Waals surface area contributed by atoms with E-state index < -0.39 is 18.2 Å². The molecule has 0 aromatic carbocycles. The van der Waals surface area contributed by atoms with Crippen LogP contribution >= 0.6 is 0 Å². The quantitative estimate of drug-likeness (QED) is 0.453. The van der Waals surface area contributed by atoms with Crippen LogP contribution in [-0.2, 0) is 9.59 Å². The smallest absolute Gasteiger partial charge is 0.303 e. The van der Waals surface area contributed by atoms with Crippen LogP contribution in [0.4, 0.5) is 0 Å². The molecular weight excluding hydrogens is 344 g/mol. The first-order chi connectivity index (χ1) is 13.0. The summed E-state index contributed by atoms with van der Waals surface area (Å²) in [5.74, 6) is -0.997. The summed E-state index contributed by atoms with van der Waals surface area (Å²) < 4.78 is 0. The number of Topliss-reactive ketones (excluding diaryl/α,β-unsaturated/α-hetero) is 1. The summed E-state index contributed by atoms with van der Waals surface area (Å²) in [4.78, 5) is 22.1. The molecule has 0 heterocycles. The monoisotopic (exact) mass is 376 g/mol. The van der Waals surface area contributed by atoms with Crippen LogP contribution in [0.15, 0.2) is 48.6 Å². The number of aliphatic hydroxyl groups is 2. The Balaban J connectivity index is 2.22. The van der Waals surface area contributed by atoms with Crippen molar-refractivity contribution < 1.29 is 24.9 Å². The molecule has 0 aliphatic heterocycles. The van der Waals surface area contributed by atoms with Crippen molar-refractivity contribution >= 4 is 11.8 Å². The van der Waals surface area contributed by atoms with Crippen LogP contribution in [0.2, 0.25) is 0 Å². The molecule has 0 bridgehead atoms. The van der Waals surface area contributed by atoms with E-state index in [9.17, 15) is 19.8 Å². The van der Waals surface area contributed by atoms with Crippen molar-refractivity contribution in [2.75, 3.05) is 0 Å². The minimum absolute atomic E-state index is 0.109. The Hall–Kier alpha value is -1.98. The second kappa shape index (κ2) is 13.2. The lowest BCUT2D eigenvalue weighted by Crippen LogP contribution is -2.18. The van der Waals surface area contributed by atoms with Crippen molar-refractivity contribution in [2.24, 2.45) is 11.8 Å². The van der Waals surface area contributed by atoms with E-state index in [4.69, 9.17) is 5.11 Å². The highest BCUT2D eigenvalue weighted by Crippen LogP contribution is 2.32. The molecule has 0 saturated heterocycles. The second-order valence-electron chi connectivity index (χ2n) is 6.84. The molecule has 5 heteroatoms. The number of carboxylic acids is 1. The predicted molar refractivity (Wildman–Crippen MR) is 106 cm³/mol. The molecule has 0 spiro atoms. The second-order valence-corrected chi connectivity index (χ2v) is 6.84. The predicted octanol–water partition coefficient (Wildman–Crippen LogP) is 3.58. The van der Waals surface area contributed by atoms with E-state index in [0.29, 0.717) is 19.3 Å². The van der Waals surface area contributed by atoms with Gasteiger partial charge in [0.2, 0.25) is 0 Å². The first-order valence-electron chi connectivity index (χ1n) is 9.69. The SMILES string of the molecule is CC[C@@H]1C(=O)C[C@H](O)[C@H]1/C=C/[C@@H](O)C/C=C\C/C=C\C/C=C\CCC(=O)O. The highest BCUT2D eigenvalue weighted by Gasteiger charge is 2.38. The topological polar surface area (TPSA) is 94.8 Å². The van der Waals surface area contributed by atoms with Gasteiger partial charge in [0, 0.05) is 24.7 Å². The van der Waals surface area contributed by atoms with Crippen molar-refractivity contribution in [3.05, 3.63) is 48.6 Å². The molecule has 1 aliphatic carbocycles.